The summed E-state index contributed by atoms with van der Waals surface area (Å²) in [5, 5.41) is 9.26. The van der Waals surface area contributed by atoms with Gasteiger partial charge in [-0.05, 0) is 6.92 Å². The van der Waals surface area contributed by atoms with Gasteiger partial charge in [-0.2, -0.15) is 4.73 Å². The van der Waals surface area contributed by atoms with E-state index in [4.69, 9.17) is 0 Å². The second-order valence-electron chi connectivity index (χ2n) is 2.20. The minimum absolute atomic E-state index is 0.442. The summed E-state index contributed by atoms with van der Waals surface area (Å²) >= 11 is 0. The van der Waals surface area contributed by atoms with E-state index in [-0.39, 0.29) is 0 Å². The van der Waals surface area contributed by atoms with Crippen molar-refractivity contribution in [3.63, 3.8) is 0 Å². The lowest BCUT2D eigenvalue weighted by atomic mass is 10.6. The van der Waals surface area contributed by atoms with E-state index < -0.39 is 0 Å². The monoisotopic (exact) mass is 210 g/mol. The summed E-state index contributed by atoms with van der Waals surface area (Å²) in [5.41, 5.74) is 1.05. The van der Waals surface area contributed by atoms with Crippen molar-refractivity contribution in [1.29, 1.82) is 0 Å². The standard InChI is InChI=1S/C6H6N4O.2C2H6/c1-4-9-5-2-7-3-8-6(5)10(4)11;2*1-2/h2-3,11H,1H3;2*1-2H3. The van der Waals surface area contributed by atoms with Crippen molar-refractivity contribution in [1.82, 2.24) is 19.7 Å². The third-order valence-electron chi connectivity index (χ3n) is 1.46. The summed E-state index contributed by atoms with van der Waals surface area (Å²) in [7, 11) is 0. The van der Waals surface area contributed by atoms with Gasteiger partial charge in [-0.3, -0.25) is 0 Å². The second-order valence-corrected chi connectivity index (χ2v) is 2.20. The van der Waals surface area contributed by atoms with Crippen LogP contribution in [0.15, 0.2) is 12.5 Å². The lowest BCUT2D eigenvalue weighted by Crippen LogP contribution is -1.93. The van der Waals surface area contributed by atoms with Crippen LogP contribution >= 0.6 is 0 Å². The zero-order chi connectivity index (χ0) is 11.8. The van der Waals surface area contributed by atoms with Crippen LogP contribution in [-0.4, -0.2) is 24.9 Å². The summed E-state index contributed by atoms with van der Waals surface area (Å²) < 4.78 is 0.941. The predicted molar refractivity (Wildman–Crippen MR) is 59.9 cm³/mol. The van der Waals surface area contributed by atoms with E-state index in [2.05, 4.69) is 15.0 Å². The summed E-state index contributed by atoms with van der Waals surface area (Å²) in [4.78, 5) is 11.6. The number of hydrogen-bond donors (Lipinski definition) is 1. The van der Waals surface area contributed by atoms with E-state index in [1.807, 2.05) is 27.7 Å². The van der Waals surface area contributed by atoms with Gasteiger partial charge in [0.2, 0.25) is 0 Å². The number of rotatable bonds is 0. The van der Waals surface area contributed by atoms with Gasteiger partial charge >= 0.3 is 0 Å². The van der Waals surface area contributed by atoms with Gasteiger partial charge in [-0.15, -0.1) is 0 Å². The van der Waals surface area contributed by atoms with Crippen LogP contribution < -0.4 is 0 Å². The average Bonchev–Trinajstić information content (AvgIpc) is 2.61. The van der Waals surface area contributed by atoms with Crippen molar-refractivity contribution in [2.75, 3.05) is 0 Å². The van der Waals surface area contributed by atoms with Gasteiger partial charge in [0.05, 0.1) is 6.20 Å². The third-order valence-corrected chi connectivity index (χ3v) is 1.46. The summed E-state index contributed by atoms with van der Waals surface area (Å²) in [6.07, 6.45) is 2.93. The molecular weight excluding hydrogens is 192 g/mol. The van der Waals surface area contributed by atoms with E-state index >= 15 is 0 Å². The van der Waals surface area contributed by atoms with Gasteiger partial charge < -0.3 is 5.21 Å². The molecule has 84 valence electrons. The van der Waals surface area contributed by atoms with Gasteiger partial charge in [-0.25, -0.2) is 15.0 Å². The Morgan fingerprint density at radius 3 is 2.33 bits per heavy atom. The highest BCUT2D eigenvalue weighted by Crippen LogP contribution is 2.07. The first-order valence-corrected chi connectivity index (χ1v) is 5.13. The molecule has 0 aliphatic rings. The summed E-state index contributed by atoms with van der Waals surface area (Å²) in [6.45, 7) is 9.70. The minimum atomic E-state index is 0.442. The molecular formula is C10H18N4O. The molecule has 0 aliphatic carbocycles. The number of aromatic nitrogens is 4. The Bertz CT molecular complexity index is 397. The lowest BCUT2D eigenvalue weighted by Gasteiger charge is -1.90. The molecule has 0 aliphatic heterocycles. The molecule has 0 saturated heterocycles. The first-order chi connectivity index (χ1) is 7.29. The maximum Gasteiger partial charge on any atom is 0.199 e. The Kier molecular flexibility index (Phi) is 6.01. The van der Waals surface area contributed by atoms with E-state index in [0.29, 0.717) is 17.0 Å². The van der Waals surface area contributed by atoms with Crippen molar-refractivity contribution in [3.05, 3.63) is 18.3 Å². The first-order valence-electron chi connectivity index (χ1n) is 5.13. The molecule has 0 bridgehead atoms. The zero-order valence-corrected chi connectivity index (χ0v) is 9.89. The molecule has 2 heterocycles. The normalized spacial score (nSPS) is 8.60. The number of aryl methyl sites for hydroxylation is 1. The third kappa shape index (κ3) is 2.90. The molecule has 2 aromatic heterocycles. The van der Waals surface area contributed by atoms with Crippen LogP contribution in [0, 0.1) is 6.92 Å². The van der Waals surface area contributed by atoms with Crippen molar-refractivity contribution >= 4 is 11.2 Å². The van der Waals surface area contributed by atoms with E-state index in [1.54, 1.807) is 13.1 Å². The highest BCUT2D eigenvalue weighted by Gasteiger charge is 2.05. The molecule has 2 rings (SSSR count). The van der Waals surface area contributed by atoms with Crippen molar-refractivity contribution < 1.29 is 5.21 Å². The molecule has 0 unspecified atom stereocenters. The average molecular weight is 210 g/mol. The molecule has 0 amide bonds. The second kappa shape index (κ2) is 6.75. The Morgan fingerprint density at radius 1 is 1.20 bits per heavy atom. The maximum atomic E-state index is 9.26. The van der Waals surface area contributed by atoms with Crippen LogP contribution in [0.2, 0.25) is 0 Å². The first kappa shape index (κ1) is 13.4. The number of nitrogens with zero attached hydrogens (tertiary/aromatic N) is 4. The number of imidazole rings is 1. The van der Waals surface area contributed by atoms with Gasteiger partial charge in [0, 0.05) is 0 Å². The summed E-state index contributed by atoms with van der Waals surface area (Å²) in [6, 6.07) is 0. The Morgan fingerprint density at radius 2 is 1.80 bits per heavy atom. The minimum Gasteiger partial charge on any atom is -0.425 e. The molecule has 5 heteroatoms. The van der Waals surface area contributed by atoms with Gasteiger partial charge in [0.25, 0.3) is 0 Å². The van der Waals surface area contributed by atoms with Gasteiger partial charge in [-0.1, -0.05) is 27.7 Å². The molecule has 0 fully saturated rings. The van der Waals surface area contributed by atoms with Crippen molar-refractivity contribution in [2.24, 2.45) is 0 Å². The van der Waals surface area contributed by atoms with E-state index in [9.17, 15) is 5.21 Å². The van der Waals surface area contributed by atoms with Crippen LogP contribution in [0.3, 0.4) is 0 Å². The topological polar surface area (TPSA) is 63.8 Å². The highest BCUT2D eigenvalue weighted by molar-refractivity contribution is 5.69. The van der Waals surface area contributed by atoms with Crippen LogP contribution in [0.4, 0.5) is 0 Å². The molecule has 0 spiro atoms. The Balaban J connectivity index is 0.000000442. The zero-order valence-electron chi connectivity index (χ0n) is 9.89. The molecule has 0 saturated carbocycles. The molecule has 2 aromatic rings. The fourth-order valence-corrected chi connectivity index (χ4v) is 0.933. The summed E-state index contributed by atoms with van der Waals surface area (Å²) in [5.74, 6) is 0.514. The largest absolute Gasteiger partial charge is 0.425 e. The SMILES string of the molecule is CC.CC.Cc1nc2cncnc2n1O. The maximum absolute atomic E-state index is 9.26. The lowest BCUT2D eigenvalue weighted by molar-refractivity contribution is 0.189. The fraction of sp³-hybridized carbons (Fsp3) is 0.500. The van der Waals surface area contributed by atoms with E-state index in [0.717, 1.165) is 4.73 Å². The Hall–Kier alpha value is -1.65. The molecule has 15 heavy (non-hydrogen) atoms. The van der Waals surface area contributed by atoms with Crippen LogP contribution in [-0.2, 0) is 0 Å². The highest BCUT2D eigenvalue weighted by atomic mass is 16.5. The molecule has 0 aromatic carbocycles. The van der Waals surface area contributed by atoms with Crippen LogP contribution in [0.5, 0.6) is 0 Å². The number of hydrogen-bond acceptors (Lipinski definition) is 4. The molecule has 5 nitrogen and oxygen atoms in total. The van der Waals surface area contributed by atoms with Crippen LogP contribution in [0.25, 0.3) is 11.2 Å². The fourth-order valence-electron chi connectivity index (χ4n) is 0.933. The number of fused-ring (bicyclic) bond motifs is 1. The molecule has 1 N–H and O–H groups in total. The van der Waals surface area contributed by atoms with Crippen molar-refractivity contribution in [2.45, 2.75) is 34.6 Å². The van der Waals surface area contributed by atoms with E-state index in [1.165, 1.54) is 6.33 Å². The Labute approximate surface area is 89.8 Å². The van der Waals surface area contributed by atoms with Gasteiger partial charge in [0.15, 0.2) is 5.65 Å². The quantitative estimate of drug-likeness (QED) is 0.678. The predicted octanol–water partition coefficient (Wildman–Crippen LogP) is 2.42. The van der Waals surface area contributed by atoms with Crippen molar-refractivity contribution in [3.8, 4) is 0 Å². The smallest absolute Gasteiger partial charge is 0.199 e. The van der Waals surface area contributed by atoms with Crippen LogP contribution in [0.1, 0.15) is 33.5 Å². The molecule has 0 atom stereocenters. The van der Waals surface area contributed by atoms with Gasteiger partial charge in [0.1, 0.15) is 17.7 Å². The molecule has 0 radical (unpaired) electrons.